The van der Waals surface area contributed by atoms with Crippen molar-refractivity contribution in [2.24, 2.45) is 0 Å². The SMILES string of the molecule is COC(=O)C1OCCc2ccc(Br)cc21. The molecule has 1 unspecified atom stereocenters. The molecule has 15 heavy (non-hydrogen) atoms. The monoisotopic (exact) mass is 270 g/mol. The topological polar surface area (TPSA) is 35.5 Å². The molecule has 1 aliphatic heterocycles. The van der Waals surface area contributed by atoms with Crippen molar-refractivity contribution < 1.29 is 14.3 Å². The number of hydrogen-bond donors (Lipinski definition) is 0. The lowest BCUT2D eigenvalue weighted by molar-refractivity contribution is -0.155. The maximum Gasteiger partial charge on any atom is 0.339 e. The highest BCUT2D eigenvalue weighted by atomic mass is 79.9. The van der Waals surface area contributed by atoms with E-state index in [9.17, 15) is 4.79 Å². The Morgan fingerprint density at radius 3 is 3.13 bits per heavy atom. The Hall–Kier alpha value is -0.870. The summed E-state index contributed by atoms with van der Waals surface area (Å²) >= 11 is 3.38. The fraction of sp³-hybridized carbons (Fsp3) is 0.364. The van der Waals surface area contributed by atoms with Crippen LogP contribution in [-0.2, 0) is 20.7 Å². The molecule has 2 rings (SSSR count). The zero-order valence-corrected chi connectivity index (χ0v) is 9.91. The van der Waals surface area contributed by atoms with E-state index >= 15 is 0 Å². The molecule has 0 amide bonds. The van der Waals surface area contributed by atoms with E-state index in [0.29, 0.717) is 6.61 Å². The highest BCUT2D eigenvalue weighted by Crippen LogP contribution is 2.30. The van der Waals surface area contributed by atoms with Crippen molar-refractivity contribution in [1.82, 2.24) is 0 Å². The summed E-state index contributed by atoms with van der Waals surface area (Å²) in [6, 6.07) is 5.90. The van der Waals surface area contributed by atoms with Gasteiger partial charge in [-0.1, -0.05) is 22.0 Å². The molecule has 0 radical (unpaired) electrons. The third-order valence-corrected chi connectivity index (χ3v) is 2.95. The summed E-state index contributed by atoms with van der Waals surface area (Å²) < 4.78 is 11.1. The molecular formula is C11H11BrO3. The molecule has 0 saturated carbocycles. The second-order valence-corrected chi connectivity index (χ2v) is 4.28. The Morgan fingerprint density at radius 1 is 1.60 bits per heavy atom. The summed E-state index contributed by atoms with van der Waals surface area (Å²) in [5, 5.41) is 0. The van der Waals surface area contributed by atoms with E-state index < -0.39 is 6.10 Å². The lowest BCUT2D eigenvalue weighted by Gasteiger charge is -2.24. The first-order valence-electron chi connectivity index (χ1n) is 4.70. The van der Waals surface area contributed by atoms with E-state index in [4.69, 9.17) is 9.47 Å². The molecule has 80 valence electrons. The van der Waals surface area contributed by atoms with Crippen LogP contribution in [0.2, 0.25) is 0 Å². The predicted octanol–water partition coefficient (Wildman–Crippen LogP) is 2.24. The molecular weight excluding hydrogens is 260 g/mol. The van der Waals surface area contributed by atoms with Gasteiger partial charge in [-0.3, -0.25) is 0 Å². The summed E-state index contributed by atoms with van der Waals surface area (Å²) in [7, 11) is 1.37. The number of fused-ring (bicyclic) bond motifs is 1. The Morgan fingerprint density at radius 2 is 2.40 bits per heavy atom. The van der Waals surface area contributed by atoms with Gasteiger partial charge in [-0.2, -0.15) is 0 Å². The van der Waals surface area contributed by atoms with E-state index in [1.165, 1.54) is 7.11 Å². The van der Waals surface area contributed by atoms with Gasteiger partial charge in [0, 0.05) is 4.47 Å². The summed E-state index contributed by atoms with van der Waals surface area (Å²) in [5.74, 6) is -0.339. The smallest absolute Gasteiger partial charge is 0.339 e. The number of hydrogen-bond acceptors (Lipinski definition) is 3. The third kappa shape index (κ3) is 2.06. The van der Waals surface area contributed by atoms with Crippen LogP contribution in [0.5, 0.6) is 0 Å². The second-order valence-electron chi connectivity index (χ2n) is 3.37. The second kappa shape index (κ2) is 4.33. The number of benzene rings is 1. The van der Waals surface area contributed by atoms with E-state index in [1.807, 2.05) is 18.2 Å². The normalized spacial score (nSPS) is 19.5. The average Bonchev–Trinajstić information content (AvgIpc) is 2.27. The van der Waals surface area contributed by atoms with Crippen LogP contribution in [0.4, 0.5) is 0 Å². The fourth-order valence-corrected chi connectivity index (χ4v) is 2.09. The number of rotatable bonds is 1. The fourth-order valence-electron chi connectivity index (χ4n) is 1.72. The zero-order chi connectivity index (χ0) is 10.8. The van der Waals surface area contributed by atoms with Gasteiger partial charge in [0.2, 0.25) is 0 Å². The van der Waals surface area contributed by atoms with E-state index in [2.05, 4.69) is 15.9 Å². The molecule has 0 aliphatic carbocycles. The molecule has 0 N–H and O–H groups in total. The van der Waals surface area contributed by atoms with E-state index in [0.717, 1.165) is 22.0 Å². The number of carbonyl (C=O) groups excluding carboxylic acids is 1. The predicted molar refractivity (Wildman–Crippen MR) is 58.6 cm³/mol. The Balaban J connectivity index is 2.40. The van der Waals surface area contributed by atoms with Crippen LogP contribution in [0.3, 0.4) is 0 Å². The van der Waals surface area contributed by atoms with Gasteiger partial charge in [0.25, 0.3) is 0 Å². The molecule has 1 aliphatic rings. The number of methoxy groups -OCH3 is 1. The quantitative estimate of drug-likeness (QED) is 0.735. The van der Waals surface area contributed by atoms with Crippen LogP contribution in [0.25, 0.3) is 0 Å². The maximum absolute atomic E-state index is 11.5. The van der Waals surface area contributed by atoms with Gasteiger partial charge in [-0.15, -0.1) is 0 Å². The van der Waals surface area contributed by atoms with Gasteiger partial charge < -0.3 is 9.47 Å². The first-order valence-corrected chi connectivity index (χ1v) is 5.49. The Kier molecular flexibility index (Phi) is 3.07. The molecule has 1 aromatic carbocycles. The number of ether oxygens (including phenoxy) is 2. The Bertz CT molecular complexity index is 389. The molecule has 1 heterocycles. The van der Waals surface area contributed by atoms with Crippen molar-refractivity contribution >= 4 is 21.9 Å². The van der Waals surface area contributed by atoms with Gasteiger partial charge in [-0.05, 0) is 29.7 Å². The summed E-state index contributed by atoms with van der Waals surface area (Å²) in [6.07, 6.45) is 0.270. The van der Waals surface area contributed by atoms with Crippen LogP contribution >= 0.6 is 15.9 Å². The third-order valence-electron chi connectivity index (χ3n) is 2.46. The minimum atomic E-state index is -0.573. The molecule has 0 spiro atoms. The first kappa shape index (κ1) is 10.6. The molecule has 0 fully saturated rings. The van der Waals surface area contributed by atoms with E-state index in [-0.39, 0.29) is 5.97 Å². The van der Waals surface area contributed by atoms with Crippen LogP contribution in [-0.4, -0.2) is 19.7 Å². The minimum Gasteiger partial charge on any atom is -0.467 e. The highest BCUT2D eigenvalue weighted by Gasteiger charge is 2.28. The van der Waals surface area contributed by atoms with Crippen molar-refractivity contribution in [1.29, 1.82) is 0 Å². The number of esters is 1. The number of halogens is 1. The summed E-state index contributed by atoms with van der Waals surface area (Å²) in [4.78, 5) is 11.5. The van der Waals surface area contributed by atoms with Crippen LogP contribution in [0.1, 0.15) is 17.2 Å². The standard InChI is InChI=1S/C11H11BrO3/c1-14-11(13)10-9-6-8(12)3-2-7(9)4-5-15-10/h2-3,6,10H,4-5H2,1H3. The first-order chi connectivity index (χ1) is 7.22. The van der Waals surface area contributed by atoms with Gasteiger partial charge >= 0.3 is 5.97 Å². The van der Waals surface area contributed by atoms with Crippen molar-refractivity contribution in [3.8, 4) is 0 Å². The summed E-state index contributed by atoms with van der Waals surface area (Å²) in [6.45, 7) is 0.564. The molecule has 1 aromatic rings. The van der Waals surface area contributed by atoms with Crippen molar-refractivity contribution in [3.63, 3.8) is 0 Å². The average molecular weight is 271 g/mol. The van der Waals surface area contributed by atoms with Gasteiger partial charge in [-0.25, -0.2) is 4.79 Å². The maximum atomic E-state index is 11.5. The van der Waals surface area contributed by atoms with Crippen molar-refractivity contribution in [3.05, 3.63) is 33.8 Å². The lowest BCUT2D eigenvalue weighted by atomic mass is 9.98. The highest BCUT2D eigenvalue weighted by molar-refractivity contribution is 9.10. The molecule has 1 atom stereocenters. The van der Waals surface area contributed by atoms with Gasteiger partial charge in [0.05, 0.1) is 13.7 Å². The largest absolute Gasteiger partial charge is 0.467 e. The zero-order valence-electron chi connectivity index (χ0n) is 8.33. The minimum absolute atomic E-state index is 0.339. The van der Waals surface area contributed by atoms with Crippen LogP contribution < -0.4 is 0 Å². The Labute approximate surface area is 96.5 Å². The van der Waals surface area contributed by atoms with Crippen LogP contribution in [0, 0.1) is 0 Å². The van der Waals surface area contributed by atoms with Gasteiger partial charge in [0.1, 0.15) is 0 Å². The van der Waals surface area contributed by atoms with Gasteiger partial charge in [0.15, 0.2) is 6.10 Å². The molecule has 0 aromatic heterocycles. The molecule has 0 bridgehead atoms. The molecule has 4 heteroatoms. The lowest BCUT2D eigenvalue weighted by Crippen LogP contribution is -2.24. The van der Waals surface area contributed by atoms with Crippen molar-refractivity contribution in [2.75, 3.05) is 13.7 Å². The van der Waals surface area contributed by atoms with E-state index in [1.54, 1.807) is 0 Å². The molecule has 0 saturated heterocycles. The summed E-state index contributed by atoms with van der Waals surface area (Å²) in [5.41, 5.74) is 2.06. The number of carbonyl (C=O) groups is 1. The van der Waals surface area contributed by atoms with Crippen molar-refractivity contribution in [2.45, 2.75) is 12.5 Å². The molecule has 3 nitrogen and oxygen atoms in total. The van der Waals surface area contributed by atoms with Crippen LogP contribution in [0.15, 0.2) is 22.7 Å².